The minimum atomic E-state index is 0. The molecule has 0 amide bonds. The maximum Gasteiger partial charge on any atom is 0.175 e. The number of thiophene rings is 1. The summed E-state index contributed by atoms with van der Waals surface area (Å²) in [7, 11) is 1.66. The van der Waals surface area contributed by atoms with Crippen LogP contribution in [-0.4, -0.2) is 13.7 Å². The first-order valence-corrected chi connectivity index (χ1v) is 8.14. The standard InChI is InChI=1S/C15H18BrNO2S.ClH/c1-3-19-15-13(16)7-11(8-14(15)18-2)9-17-10-12-5-4-6-20-12;/h4-8,17H,3,9-10H2,1-2H3;1H/p-1. The van der Waals surface area contributed by atoms with E-state index >= 15 is 0 Å². The van der Waals surface area contributed by atoms with Crippen molar-refractivity contribution in [3.8, 4) is 11.5 Å². The molecule has 0 atom stereocenters. The van der Waals surface area contributed by atoms with E-state index in [4.69, 9.17) is 9.47 Å². The van der Waals surface area contributed by atoms with E-state index in [0.717, 1.165) is 34.6 Å². The van der Waals surface area contributed by atoms with Crippen LogP contribution in [0.5, 0.6) is 11.5 Å². The Morgan fingerprint density at radius 2 is 2.10 bits per heavy atom. The highest BCUT2D eigenvalue weighted by molar-refractivity contribution is 9.10. The fraction of sp³-hybridized carbons (Fsp3) is 0.333. The van der Waals surface area contributed by atoms with Crippen molar-refractivity contribution in [1.29, 1.82) is 0 Å². The molecule has 0 bridgehead atoms. The number of halogens is 2. The normalized spacial score (nSPS) is 10.0. The van der Waals surface area contributed by atoms with Gasteiger partial charge in [0.05, 0.1) is 18.2 Å². The Labute approximate surface area is 144 Å². The number of hydrogen-bond donors (Lipinski definition) is 1. The molecule has 1 N–H and O–H groups in total. The van der Waals surface area contributed by atoms with Gasteiger partial charge in [-0.1, -0.05) is 6.07 Å². The molecular formula is C15H18BrClNO2S-. The van der Waals surface area contributed by atoms with Gasteiger partial charge >= 0.3 is 0 Å². The number of benzene rings is 1. The van der Waals surface area contributed by atoms with Gasteiger partial charge in [0.1, 0.15) is 0 Å². The molecule has 0 aliphatic carbocycles. The molecule has 0 saturated carbocycles. The Kier molecular flexibility index (Phi) is 8.11. The van der Waals surface area contributed by atoms with Crippen LogP contribution in [0.15, 0.2) is 34.1 Å². The van der Waals surface area contributed by atoms with E-state index in [1.54, 1.807) is 18.4 Å². The highest BCUT2D eigenvalue weighted by atomic mass is 79.9. The highest BCUT2D eigenvalue weighted by Gasteiger charge is 2.11. The Morgan fingerprint density at radius 1 is 1.29 bits per heavy atom. The number of methoxy groups -OCH3 is 1. The third kappa shape index (κ3) is 5.18. The van der Waals surface area contributed by atoms with Crippen LogP contribution in [-0.2, 0) is 13.1 Å². The van der Waals surface area contributed by atoms with Crippen molar-refractivity contribution >= 4 is 27.3 Å². The molecule has 2 rings (SSSR count). The second kappa shape index (κ2) is 9.30. The van der Waals surface area contributed by atoms with Gasteiger partial charge in [-0.05, 0) is 52.0 Å². The Bertz CT molecular complexity index is 549. The second-order valence-electron chi connectivity index (χ2n) is 4.22. The van der Waals surface area contributed by atoms with Crippen molar-refractivity contribution in [3.05, 3.63) is 44.6 Å². The quantitative estimate of drug-likeness (QED) is 0.770. The lowest BCUT2D eigenvalue weighted by Gasteiger charge is -2.13. The molecule has 0 unspecified atom stereocenters. The van der Waals surface area contributed by atoms with Gasteiger partial charge in [-0.15, -0.1) is 11.3 Å². The zero-order valence-corrected chi connectivity index (χ0v) is 15.1. The molecule has 0 radical (unpaired) electrons. The predicted octanol–water partition coefficient (Wildman–Crippen LogP) is 1.21. The zero-order chi connectivity index (χ0) is 14.4. The van der Waals surface area contributed by atoms with E-state index in [9.17, 15) is 0 Å². The fourth-order valence-corrected chi connectivity index (χ4v) is 3.18. The molecule has 2 aromatic rings. The highest BCUT2D eigenvalue weighted by Crippen LogP contribution is 2.36. The van der Waals surface area contributed by atoms with Gasteiger partial charge in [0, 0.05) is 18.0 Å². The van der Waals surface area contributed by atoms with Crippen LogP contribution in [0.3, 0.4) is 0 Å². The van der Waals surface area contributed by atoms with Crippen LogP contribution >= 0.6 is 27.3 Å². The summed E-state index contributed by atoms with van der Waals surface area (Å²) in [4.78, 5) is 1.34. The second-order valence-corrected chi connectivity index (χ2v) is 6.11. The fourth-order valence-electron chi connectivity index (χ4n) is 1.90. The zero-order valence-electron chi connectivity index (χ0n) is 12.0. The van der Waals surface area contributed by atoms with Crippen LogP contribution < -0.4 is 27.2 Å². The first-order chi connectivity index (χ1) is 9.74. The minimum absolute atomic E-state index is 0. The van der Waals surface area contributed by atoms with Gasteiger partial charge in [-0.25, -0.2) is 0 Å². The molecule has 0 spiro atoms. The summed E-state index contributed by atoms with van der Waals surface area (Å²) in [6.07, 6.45) is 0. The lowest BCUT2D eigenvalue weighted by molar-refractivity contribution is -0.00000467. The average Bonchev–Trinajstić information content (AvgIpc) is 2.94. The number of hydrogen-bond acceptors (Lipinski definition) is 4. The summed E-state index contributed by atoms with van der Waals surface area (Å²) < 4.78 is 11.9. The van der Waals surface area contributed by atoms with E-state index in [2.05, 4.69) is 44.8 Å². The smallest absolute Gasteiger partial charge is 0.175 e. The van der Waals surface area contributed by atoms with E-state index in [0.29, 0.717) is 6.61 Å². The third-order valence-electron chi connectivity index (χ3n) is 2.79. The van der Waals surface area contributed by atoms with Gasteiger partial charge in [-0.2, -0.15) is 0 Å². The molecule has 0 aliphatic rings. The summed E-state index contributed by atoms with van der Waals surface area (Å²) in [6.45, 7) is 4.25. The predicted molar refractivity (Wildman–Crippen MR) is 86.7 cm³/mol. The molecule has 3 nitrogen and oxygen atoms in total. The van der Waals surface area contributed by atoms with Crippen LogP contribution in [0, 0.1) is 0 Å². The Balaban J connectivity index is 0.00000220. The average molecular weight is 392 g/mol. The van der Waals surface area contributed by atoms with Gasteiger partial charge in [0.25, 0.3) is 0 Å². The molecule has 0 fully saturated rings. The molecular weight excluding hydrogens is 374 g/mol. The van der Waals surface area contributed by atoms with Crippen LogP contribution in [0.4, 0.5) is 0 Å². The van der Waals surface area contributed by atoms with Crippen LogP contribution in [0.2, 0.25) is 0 Å². The Hall–Kier alpha value is -0.750. The first-order valence-electron chi connectivity index (χ1n) is 6.47. The van der Waals surface area contributed by atoms with Crippen molar-refractivity contribution < 1.29 is 21.9 Å². The summed E-state index contributed by atoms with van der Waals surface area (Å²) in [5.41, 5.74) is 1.16. The summed E-state index contributed by atoms with van der Waals surface area (Å²) in [6, 6.07) is 8.27. The number of ether oxygens (including phenoxy) is 2. The Morgan fingerprint density at radius 3 is 2.71 bits per heavy atom. The molecule has 1 heterocycles. The third-order valence-corrected chi connectivity index (χ3v) is 4.25. The van der Waals surface area contributed by atoms with Gasteiger partial charge in [-0.3, -0.25) is 0 Å². The minimum Gasteiger partial charge on any atom is -1.00 e. The lowest BCUT2D eigenvalue weighted by atomic mass is 10.2. The SMILES string of the molecule is CCOc1c(Br)cc(CNCc2cccs2)cc1OC.[Cl-]. The molecule has 1 aromatic carbocycles. The van der Waals surface area contributed by atoms with Crippen molar-refractivity contribution in [2.75, 3.05) is 13.7 Å². The van der Waals surface area contributed by atoms with Crippen molar-refractivity contribution in [2.45, 2.75) is 20.0 Å². The number of nitrogens with one attached hydrogen (secondary N) is 1. The molecule has 0 saturated heterocycles. The van der Waals surface area contributed by atoms with E-state index < -0.39 is 0 Å². The maximum absolute atomic E-state index is 5.59. The van der Waals surface area contributed by atoms with Gasteiger partial charge < -0.3 is 27.2 Å². The van der Waals surface area contributed by atoms with Crippen LogP contribution in [0.1, 0.15) is 17.4 Å². The van der Waals surface area contributed by atoms with E-state index in [1.807, 2.05) is 13.0 Å². The van der Waals surface area contributed by atoms with E-state index in [1.165, 1.54) is 4.88 Å². The first kappa shape index (κ1) is 18.3. The molecule has 1 aromatic heterocycles. The van der Waals surface area contributed by atoms with Crippen LogP contribution in [0.25, 0.3) is 0 Å². The monoisotopic (exact) mass is 390 g/mol. The summed E-state index contributed by atoms with van der Waals surface area (Å²) in [5, 5.41) is 5.52. The van der Waals surface area contributed by atoms with Crippen molar-refractivity contribution in [2.24, 2.45) is 0 Å². The molecule has 6 heteroatoms. The number of rotatable bonds is 7. The topological polar surface area (TPSA) is 30.5 Å². The molecule has 0 aliphatic heterocycles. The summed E-state index contributed by atoms with van der Waals surface area (Å²) >= 11 is 5.30. The lowest BCUT2D eigenvalue weighted by Crippen LogP contribution is -3.00. The largest absolute Gasteiger partial charge is 1.00 e. The van der Waals surface area contributed by atoms with Gasteiger partial charge in [0.2, 0.25) is 0 Å². The van der Waals surface area contributed by atoms with Crippen molar-refractivity contribution in [3.63, 3.8) is 0 Å². The summed E-state index contributed by atoms with van der Waals surface area (Å²) in [5.74, 6) is 1.52. The van der Waals surface area contributed by atoms with Gasteiger partial charge in [0.15, 0.2) is 11.5 Å². The molecule has 21 heavy (non-hydrogen) atoms. The maximum atomic E-state index is 5.59. The molecule has 116 valence electrons. The van der Waals surface area contributed by atoms with E-state index in [-0.39, 0.29) is 12.4 Å². The van der Waals surface area contributed by atoms with Crippen molar-refractivity contribution in [1.82, 2.24) is 5.32 Å².